The van der Waals surface area contributed by atoms with Crippen molar-refractivity contribution < 1.29 is 14.6 Å². The van der Waals surface area contributed by atoms with Gasteiger partial charge in [-0.3, -0.25) is 4.79 Å². The second-order valence-corrected chi connectivity index (χ2v) is 7.60. The number of carbonyl (C=O) groups is 1. The molecule has 0 aromatic carbocycles. The first-order chi connectivity index (χ1) is 11.2. The summed E-state index contributed by atoms with van der Waals surface area (Å²) in [7, 11) is 0. The summed E-state index contributed by atoms with van der Waals surface area (Å²) in [5.74, 6) is -0.279. The third-order valence-corrected chi connectivity index (χ3v) is 3.55. The van der Waals surface area contributed by atoms with Gasteiger partial charge in [-0.2, -0.15) is 0 Å². The molecule has 0 aliphatic carbocycles. The van der Waals surface area contributed by atoms with E-state index in [0.717, 1.165) is 0 Å². The molecule has 0 radical (unpaired) electrons. The van der Waals surface area contributed by atoms with Gasteiger partial charge in [-0.15, -0.1) is 0 Å². The summed E-state index contributed by atoms with van der Waals surface area (Å²) in [6.45, 7) is 17.8. The first-order valence-corrected chi connectivity index (χ1v) is 9.76. The van der Waals surface area contributed by atoms with Crippen molar-refractivity contribution in [3.63, 3.8) is 0 Å². The lowest BCUT2D eigenvalue weighted by Gasteiger charge is -2.21. The lowest BCUT2D eigenvalue weighted by Crippen LogP contribution is -2.27. The zero-order valence-corrected chi connectivity index (χ0v) is 17.4. The first kappa shape index (κ1) is 25.6. The minimum absolute atomic E-state index is 0.0795. The molecular formula is C20H43NO3. The molecule has 0 heterocycles. The van der Waals surface area contributed by atoms with E-state index < -0.39 is 11.5 Å². The molecule has 4 heteroatoms. The van der Waals surface area contributed by atoms with Gasteiger partial charge in [0.25, 0.3) is 0 Å². The molecule has 0 amide bonds. The second kappa shape index (κ2) is 15.9. The van der Waals surface area contributed by atoms with Gasteiger partial charge in [0, 0.05) is 0 Å². The van der Waals surface area contributed by atoms with Gasteiger partial charge in [-0.05, 0) is 66.6 Å². The molecule has 1 unspecified atom stereocenters. The fraction of sp³-hybridized carbons (Fsp3) is 0.950. The van der Waals surface area contributed by atoms with Crippen molar-refractivity contribution in [2.24, 2.45) is 5.41 Å². The number of rotatable bonds is 11. The van der Waals surface area contributed by atoms with Crippen LogP contribution in [0.3, 0.4) is 0 Å². The highest BCUT2D eigenvalue weighted by Gasteiger charge is 2.23. The van der Waals surface area contributed by atoms with Crippen LogP contribution in [0.4, 0.5) is 0 Å². The Morgan fingerprint density at radius 1 is 0.958 bits per heavy atom. The monoisotopic (exact) mass is 345 g/mol. The van der Waals surface area contributed by atoms with Crippen molar-refractivity contribution >= 4 is 5.97 Å². The molecule has 4 nitrogen and oxygen atoms in total. The normalized spacial score (nSPS) is 12.5. The quantitative estimate of drug-likeness (QED) is 0.554. The number of hydrogen-bond donors (Lipinski definition) is 1. The molecular weight excluding hydrogens is 302 g/mol. The maximum absolute atomic E-state index is 11.0. The van der Waals surface area contributed by atoms with E-state index in [-0.39, 0.29) is 12.6 Å². The molecule has 0 aromatic heterocycles. The van der Waals surface area contributed by atoms with Crippen molar-refractivity contribution in [1.82, 2.24) is 4.90 Å². The van der Waals surface area contributed by atoms with Crippen LogP contribution in [0.1, 0.15) is 87.0 Å². The van der Waals surface area contributed by atoms with Gasteiger partial charge in [-0.25, -0.2) is 0 Å². The Hall–Kier alpha value is -0.610. The molecule has 0 saturated carbocycles. The predicted octanol–water partition coefficient (Wildman–Crippen LogP) is 4.65. The molecule has 0 bridgehead atoms. The van der Waals surface area contributed by atoms with E-state index in [2.05, 4.69) is 25.7 Å². The minimum Gasteiger partial charge on any atom is -0.463 e. The van der Waals surface area contributed by atoms with E-state index in [4.69, 9.17) is 9.84 Å². The van der Waals surface area contributed by atoms with E-state index in [0.29, 0.717) is 0 Å². The Labute approximate surface area is 151 Å². The third-order valence-electron chi connectivity index (χ3n) is 3.55. The molecule has 0 saturated heterocycles. The molecule has 0 fully saturated rings. The van der Waals surface area contributed by atoms with Gasteiger partial charge < -0.3 is 14.7 Å². The molecule has 0 aliphatic heterocycles. The molecule has 1 N–H and O–H groups in total. The summed E-state index contributed by atoms with van der Waals surface area (Å²) in [5.41, 5.74) is -0.477. The van der Waals surface area contributed by atoms with Crippen LogP contribution in [0.5, 0.6) is 0 Å². The Morgan fingerprint density at radius 3 is 1.58 bits per heavy atom. The maximum Gasteiger partial charge on any atom is 0.311 e. The topological polar surface area (TPSA) is 49.8 Å². The van der Waals surface area contributed by atoms with Crippen molar-refractivity contribution in [2.45, 2.75) is 93.1 Å². The van der Waals surface area contributed by atoms with E-state index in [1.165, 1.54) is 58.2 Å². The van der Waals surface area contributed by atoms with Crippen LogP contribution in [0, 0.1) is 5.41 Å². The van der Waals surface area contributed by atoms with Gasteiger partial charge in [0.2, 0.25) is 0 Å². The summed E-state index contributed by atoms with van der Waals surface area (Å²) in [4.78, 5) is 13.7. The Kier molecular flexibility index (Phi) is 17.0. The number of esters is 1. The summed E-state index contributed by atoms with van der Waals surface area (Å²) in [6.07, 6.45) is 7.51. The van der Waals surface area contributed by atoms with E-state index in [9.17, 15) is 4.79 Å². The number of aliphatic hydroxyl groups excluding tert-OH is 1. The van der Waals surface area contributed by atoms with Crippen molar-refractivity contribution in [2.75, 3.05) is 26.2 Å². The van der Waals surface area contributed by atoms with Crippen LogP contribution in [-0.2, 0) is 9.53 Å². The molecule has 146 valence electrons. The average molecular weight is 346 g/mol. The average Bonchev–Trinajstić information content (AvgIpc) is 2.51. The Morgan fingerprint density at radius 2 is 1.33 bits per heavy atom. The maximum atomic E-state index is 11.0. The fourth-order valence-corrected chi connectivity index (χ4v) is 1.89. The van der Waals surface area contributed by atoms with Crippen molar-refractivity contribution in [3.05, 3.63) is 0 Å². The van der Waals surface area contributed by atoms with Gasteiger partial charge in [0.1, 0.15) is 6.61 Å². The SMILES string of the molecule is CC(O)COC(=O)C(C)(C)C.CCCCN(CCCC)CCCC. The Balaban J connectivity index is 0. The highest BCUT2D eigenvalue weighted by atomic mass is 16.5. The molecule has 0 rings (SSSR count). The van der Waals surface area contributed by atoms with E-state index in [1.807, 2.05) is 0 Å². The third kappa shape index (κ3) is 17.7. The van der Waals surface area contributed by atoms with Crippen LogP contribution in [-0.4, -0.2) is 48.3 Å². The number of unbranched alkanes of at least 4 members (excludes halogenated alkanes) is 3. The molecule has 0 aliphatic rings. The highest BCUT2D eigenvalue weighted by molar-refractivity contribution is 5.75. The van der Waals surface area contributed by atoms with Crippen LogP contribution in [0.15, 0.2) is 0 Å². The van der Waals surface area contributed by atoms with Gasteiger partial charge in [0.05, 0.1) is 11.5 Å². The van der Waals surface area contributed by atoms with Crippen LogP contribution >= 0.6 is 0 Å². The predicted molar refractivity (Wildman–Crippen MR) is 103 cm³/mol. The van der Waals surface area contributed by atoms with Gasteiger partial charge in [-0.1, -0.05) is 40.0 Å². The second-order valence-electron chi connectivity index (χ2n) is 7.60. The minimum atomic E-state index is -0.582. The Bertz CT molecular complexity index is 266. The lowest BCUT2D eigenvalue weighted by molar-refractivity contribution is -0.155. The molecule has 1 atom stereocenters. The fourth-order valence-electron chi connectivity index (χ4n) is 1.89. The molecule has 0 aromatic rings. The largest absolute Gasteiger partial charge is 0.463 e. The number of ether oxygens (including phenoxy) is 1. The smallest absolute Gasteiger partial charge is 0.311 e. The summed E-state index contributed by atoms with van der Waals surface area (Å²) in [5, 5.41) is 8.79. The first-order valence-electron chi connectivity index (χ1n) is 9.76. The lowest BCUT2D eigenvalue weighted by atomic mass is 9.97. The number of nitrogens with zero attached hydrogens (tertiary/aromatic N) is 1. The van der Waals surface area contributed by atoms with Gasteiger partial charge >= 0.3 is 5.97 Å². The van der Waals surface area contributed by atoms with E-state index >= 15 is 0 Å². The summed E-state index contributed by atoms with van der Waals surface area (Å²) < 4.78 is 4.78. The van der Waals surface area contributed by atoms with Crippen LogP contribution in [0.2, 0.25) is 0 Å². The van der Waals surface area contributed by atoms with Gasteiger partial charge in [0.15, 0.2) is 0 Å². The zero-order chi connectivity index (χ0) is 19.0. The number of aliphatic hydroxyl groups is 1. The molecule has 0 spiro atoms. The van der Waals surface area contributed by atoms with E-state index in [1.54, 1.807) is 27.7 Å². The zero-order valence-electron chi connectivity index (χ0n) is 17.4. The number of hydrogen-bond acceptors (Lipinski definition) is 4. The highest BCUT2D eigenvalue weighted by Crippen LogP contribution is 2.14. The van der Waals surface area contributed by atoms with Crippen LogP contribution < -0.4 is 0 Å². The number of carbonyl (C=O) groups excluding carboxylic acids is 1. The van der Waals surface area contributed by atoms with Crippen molar-refractivity contribution in [1.29, 1.82) is 0 Å². The summed E-state index contributed by atoms with van der Waals surface area (Å²) >= 11 is 0. The van der Waals surface area contributed by atoms with Crippen LogP contribution in [0.25, 0.3) is 0 Å². The van der Waals surface area contributed by atoms with Crippen molar-refractivity contribution in [3.8, 4) is 0 Å². The standard InChI is InChI=1S/C12H27N.C8H16O3/c1-4-7-10-13(11-8-5-2)12-9-6-3;1-6(9)5-11-7(10)8(2,3)4/h4-12H2,1-3H3;6,9H,5H2,1-4H3. The summed E-state index contributed by atoms with van der Waals surface area (Å²) in [6, 6.07) is 0. The molecule has 24 heavy (non-hydrogen) atoms.